The Morgan fingerprint density at radius 2 is 2.11 bits per heavy atom. The Morgan fingerprint density at radius 1 is 1.39 bits per heavy atom. The molecule has 2 aromatic heterocycles. The molecule has 0 amide bonds. The van der Waals surface area contributed by atoms with E-state index in [4.69, 9.17) is 0 Å². The van der Waals surface area contributed by atoms with Crippen LogP contribution in [0.2, 0.25) is 0 Å². The summed E-state index contributed by atoms with van der Waals surface area (Å²) in [5, 5.41) is 0. The third-order valence-electron chi connectivity index (χ3n) is 2.71. The number of hydrogen-bond acceptors (Lipinski definition) is 3. The van der Waals surface area contributed by atoms with E-state index in [2.05, 4.69) is 30.9 Å². The molecule has 5 heteroatoms. The maximum atomic E-state index is 11.9. The van der Waals surface area contributed by atoms with Gasteiger partial charge in [0.25, 0.3) is 5.56 Å². The van der Waals surface area contributed by atoms with Crippen molar-refractivity contribution in [3.05, 3.63) is 44.5 Å². The molecule has 0 aliphatic carbocycles. The Balaban J connectivity index is 2.67. The van der Waals surface area contributed by atoms with Gasteiger partial charge in [0.15, 0.2) is 0 Å². The van der Waals surface area contributed by atoms with Crippen LogP contribution in [0, 0.1) is 6.92 Å². The standard InChI is InChI=1S/C13H14BrN3O/c1-7(2)11-10(14)13(18)17-12(16-11)9-4-5-15-6-8(9)3/h4-7H,1-3H3,(H,16,17,18). The molecular formula is C13H14BrN3O. The maximum Gasteiger partial charge on any atom is 0.265 e. The third-order valence-corrected chi connectivity index (χ3v) is 3.48. The SMILES string of the molecule is Cc1cnccc1-c1nc(C(C)C)c(Br)c(=O)[nH]1. The van der Waals surface area contributed by atoms with Crippen LogP contribution in [0.3, 0.4) is 0 Å². The van der Waals surface area contributed by atoms with Crippen LogP contribution < -0.4 is 5.56 Å². The number of H-pyrrole nitrogens is 1. The van der Waals surface area contributed by atoms with Crippen molar-refractivity contribution in [2.45, 2.75) is 26.7 Å². The van der Waals surface area contributed by atoms with Crippen LogP contribution in [0.15, 0.2) is 27.7 Å². The second-order valence-corrected chi connectivity index (χ2v) is 5.25. The van der Waals surface area contributed by atoms with Crippen molar-refractivity contribution in [1.82, 2.24) is 15.0 Å². The second kappa shape index (κ2) is 5.02. The summed E-state index contributed by atoms with van der Waals surface area (Å²) in [7, 11) is 0. The summed E-state index contributed by atoms with van der Waals surface area (Å²) in [6.07, 6.45) is 3.45. The highest BCUT2D eigenvalue weighted by Crippen LogP contribution is 2.23. The molecule has 0 atom stereocenters. The van der Waals surface area contributed by atoms with Crippen LogP contribution in [0.25, 0.3) is 11.4 Å². The van der Waals surface area contributed by atoms with Crippen LogP contribution in [-0.4, -0.2) is 15.0 Å². The number of aromatic amines is 1. The molecule has 94 valence electrons. The van der Waals surface area contributed by atoms with Crippen LogP contribution in [0.5, 0.6) is 0 Å². The largest absolute Gasteiger partial charge is 0.306 e. The third kappa shape index (κ3) is 2.36. The number of rotatable bonds is 2. The van der Waals surface area contributed by atoms with Gasteiger partial charge in [-0.25, -0.2) is 4.98 Å². The summed E-state index contributed by atoms with van der Waals surface area (Å²) in [4.78, 5) is 23.3. The van der Waals surface area contributed by atoms with E-state index in [1.807, 2.05) is 26.8 Å². The first kappa shape index (κ1) is 13.0. The summed E-state index contributed by atoms with van der Waals surface area (Å²) >= 11 is 3.29. The lowest BCUT2D eigenvalue weighted by Crippen LogP contribution is -2.14. The normalized spacial score (nSPS) is 10.9. The van der Waals surface area contributed by atoms with Gasteiger partial charge in [0, 0.05) is 18.0 Å². The minimum Gasteiger partial charge on any atom is -0.306 e. The van der Waals surface area contributed by atoms with Gasteiger partial charge in [-0.05, 0) is 40.4 Å². The fourth-order valence-corrected chi connectivity index (χ4v) is 2.37. The molecule has 2 aromatic rings. The van der Waals surface area contributed by atoms with E-state index < -0.39 is 0 Å². The summed E-state index contributed by atoms with van der Waals surface area (Å²) in [5.74, 6) is 0.773. The van der Waals surface area contributed by atoms with Crippen molar-refractivity contribution in [1.29, 1.82) is 0 Å². The molecule has 0 saturated heterocycles. The highest BCUT2D eigenvalue weighted by molar-refractivity contribution is 9.10. The Morgan fingerprint density at radius 3 is 2.72 bits per heavy atom. The first-order valence-electron chi connectivity index (χ1n) is 5.71. The Labute approximate surface area is 114 Å². The minimum absolute atomic E-state index is 0.153. The quantitative estimate of drug-likeness (QED) is 0.927. The molecule has 18 heavy (non-hydrogen) atoms. The number of hydrogen-bond donors (Lipinski definition) is 1. The summed E-state index contributed by atoms with van der Waals surface area (Å²) in [6.45, 7) is 5.96. The molecule has 0 saturated carbocycles. The van der Waals surface area contributed by atoms with E-state index >= 15 is 0 Å². The van der Waals surface area contributed by atoms with Crippen LogP contribution >= 0.6 is 15.9 Å². The molecule has 4 nitrogen and oxygen atoms in total. The smallest absolute Gasteiger partial charge is 0.265 e. The molecule has 0 spiro atoms. The Kier molecular flexibility index (Phi) is 3.61. The van der Waals surface area contributed by atoms with Crippen molar-refractivity contribution in [3.63, 3.8) is 0 Å². The van der Waals surface area contributed by atoms with E-state index in [0.717, 1.165) is 16.8 Å². The zero-order chi connectivity index (χ0) is 13.3. The van der Waals surface area contributed by atoms with Crippen LogP contribution in [0.1, 0.15) is 31.0 Å². The lowest BCUT2D eigenvalue weighted by atomic mass is 10.1. The van der Waals surface area contributed by atoms with Gasteiger partial charge in [0.05, 0.1) is 5.69 Å². The first-order chi connectivity index (χ1) is 8.50. The van der Waals surface area contributed by atoms with Gasteiger partial charge in [-0.3, -0.25) is 9.78 Å². The van der Waals surface area contributed by atoms with E-state index in [1.165, 1.54) is 0 Å². The molecule has 0 aliphatic rings. The van der Waals surface area contributed by atoms with Gasteiger partial charge in [-0.2, -0.15) is 0 Å². The van der Waals surface area contributed by atoms with Gasteiger partial charge in [-0.15, -0.1) is 0 Å². The highest BCUT2D eigenvalue weighted by atomic mass is 79.9. The average Bonchev–Trinajstić information content (AvgIpc) is 2.33. The summed E-state index contributed by atoms with van der Waals surface area (Å²) < 4.78 is 0.507. The minimum atomic E-state index is -0.153. The fourth-order valence-electron chi connectivity index (χ4n) is 1.73. The molecule has 2 rings (SSSR count). The molecule has 1 N–H and O–H groups in total. The Hall–Kier alpha value is -1.49. The molecule has 0 aliphatic heterocycles. The van der Waals surface area contributed by atoms with E-state index in [9.17, 15) is 4.79 Å². The number of pyridine rings is 1. The van der Waals surface area contributed by atoms with Gasteiger partial charge in [-0.1, -0.05) is 13.8 Å². The number of nitrogens with one attached hydrogen (secondary N) is 1. The molecule has 2 heterocycles. The number of aryl methyl sites for hydroxylation is 1. The Bertz CT molecular complexity index is 634. The molecule has 0 aromatic carbocycles. The second-order valence-electron chi connectivity index (χ2n) is 4.46. The van der Waals surface area contributed by atoms with Gasteiger partial charge < -0.3 is 4.98 Å². The zero-order valence-electron chi connectivity index (χ0n) is 10.5. The molecular weight excluding hydrogens is 294 g/mol. The monoisotopic (exact) mass is 307 g/mol. The topological polar surface area (TPSA) is 58.6 Å². The van der Waals surface area contributed by atoms with Crippen LogP contribution in [0.4, 0.5) is 0 Å². The predicted octanol–water partition coefficient (Wildman–Crippen LogP) is 3.03. The number of aromatic nitrogens is 3. The lowest BCUT2D eigenvalue weighted by Gasteiger charge is -2.10. The molecule has 0 bridgehead atoms. The average molecular weight is 308 g/mol. The van der Waals surface area contributed by atoms with Gasteiger partial charge in [0.1, 0.15) is 10.3 Å². The van der Waals surface area contributed by atoms with Crippen molar-refractivity contribution in [3.8, 4) is 11.4 Å². The predicted molar refractivity (Wildman–Crippen MR) is 74.6 cm³/mol. The highest BCUT2D eigenvalue weighted by Gasteiger charge is 2.14. The van der Waals surface area contributed by atoms with Crippen LogP contribution in [-0.2, 0) is 0 Å². The maximum absolute atomic E-state index is 11.9. The molecule has 0 fully saturated rings. The molecule has 0 unspecified atom stereocenters. The van der Waals surface area contributed by atoms with Crippen molar-refractivity contribution in [2.75, 3.05) is 0 Å². The van der Waals surface area contributed by atoms with Crippen molar-refractivity contribution in [2.24, 2.45) is 0 Å². The van der Waals surface area contributed by atoms with Crippen molar-refractivity contribution < 1.29 is 0 Å². The van der Waals surface area contributed by atoms with Crippen molar-refractivity contribution >= 4 is 15.9 Å². The van der Waals surface area contributed by atoms with E-state index in [1.54, 1.807) is 12.4 Å². The number of halogens is 1. The summed E-state index contributed by atoms with van der Waals surface area (Å²) in [5.41, 5.74) is 2.50. The summed E-state index contributed by atoms with van der Waals surface area (Å²) in [6, 6.07) is 1.85. The molecule has 0 radical (unpaired) electrons. The lowest BCUT2D eigenvalue weighted by molar-refractivity contribution is 0.803. The first-order valence-corrected chi connectivity index (χ1v) is 6.50. The number of nitrogens with zero attached hydrogens (tertiary/aromatic N) is 2. The zero-order valence-corrected chi connectivity index (χ0v) is 12.1. The van der Waals surface area contributed by atoms with E-state index in [0.29, 0.717) is 10.3 Å². The fraction of sp³-hybridized carbons (Fsp3) is 0.308. The van der Waals surface area contributed by atoms with E-state index in [-0.39, 0.29) is 11.5 Å². The van der Waals surface area contributed by atoms with Gasteiger partial charge in [0.2, 0.25) is 0 Å². The van der Waals surface area contributed by atoms with Gasteiger partial charge >= 0.3 is 0 Å².